The topological polar surface area (TPSA) is 87.7 Å². The second-order valence-corrected chi connectivity index (χ2v) is 6.31. The molecule has 0 aromatic rings. The molecule has 0 unspecified atom stereocenters. The molecule has 0 saturated heterocycles. The summed E-state index contributed by atoms with van der Waals surface area (Å²) < 4.78 is 5.61. The largest absolute Gasteiger partial charge is 0.480 e. The van der Waals surface area contributed by atoms with Gasteiger partial charge in [0.25, 0.3) is 0 Å². The van der Waals surface area contributed by atoms with Gasteiger partial charge in [0.15, 0.2) is 0 Å². The molecule has 3 N–H and O–H groups in total. The van der Waals surface area contributed by atoms with Gasteiger partial charge in [-0.1, -0.05) is 33.6 Å². The molecular formula is C14H26N2O4. The number of carbonyl (C=O) groups is 2. The second kappa shape index (κ2) is 7.47. The van der Waals surface area contributed by atoms with E-state index in [-0.39, 0.29) is 0 Å². The van der Waals surface area contributed by atoms with Gasteiger partial charge in [0.05, 0.1) is 12.7 Å². The Bertz CT molecular complexity index is 333. The van der Waals surface area contributed by atoms with Crippen molar-refractivity contribution in [2.75, 3.05) is 13.2 Å². The van der Waals surface area contributed by atoms with Gasteiger partial charge in [0.2, 0.25) is 0 Å². The van der Waals surface area contributed by atoms with E-state index in [1.807, 2.05) is 0 Å². The highest BCUT2D eigenvalue weighted by Crippen LogP contribution is 2.20. The number of nitrogens with one attached hydrogen (secondary N) is 2. The van der Waals surface area contributed by atoms with Crippen LogP contribution in [0.5, 0.6) is 0 Å². The van der Waals surface area contributed by atoms with Crippen molar-refractivity contribution in [3.63, 3.8) is 0 Å². The number of hydrogen-bond acceptors (Lipinski definition) is 3. The first-order valence-electron chi connectivity index (χ1n) is 7.19. The van der Waals surface area contributed by atoms with Crippen LogP contribution in [0.15, 0.2) is 0 Å². The molecule has 0 heterocycles. The Hall–Kier alpha value is -1.30. The molecule has 1 aliphatic carbocycles. The Morgan fingerprint density at radius 1 is 1.30 bits per heavy atom. The van der Waals surface area contributed by atoms with Gasteiger partial charge < -0.3 is 20.5 Å². The molecule has 0 aromatic heterocycles. The number of hydrogen-bond donors (Lipinski definition) is 3. The summed E-state index contributed by atoms with van der Waals surface area (Å²) in [6.45, 7) is 6.17. The fourth-order valence-corrected chi connectivity index (χ4v) is 2.28. The van der Waals surface area contributed by atoms with Crippen LogP contribution in [0.1, 0.15) is 46.5 Å². The van der Waals surface area contributed by atoms with Gasteiger partial charge in [-0.15, -0.1) is 0 Å². The van der Waals surface area contributed by atoms with Crippen molar-refractivity contribution < 1.29 is 19.4 Å². The molecular weight excluding hydrogens is 260 g/mol. The number of rotatable bonds is 6. The lowest BCUT2D eigenvalue weighted by atomic mass is 9.87. The molecule has 0 spiro atoms. The van der Waals surface area contributed by atoms with Gasteiger partial charge in [-0.2, -0.15) is 0 Å². The first kappa shape index (κ1) is 16.8. The molecule has 1 fully saturated rings. The van der Waals surface area contributed by atoms with Crippen LogP contribution in [0.4, 0.5) is 4.79 Å². The second-order valence-electron chi connectivity index (χ2n) is 6.31. The summed E-state index contributed by atoms with van der Waals surface area (Å²) in [5.74, 6) is -1.03. The summed E-state index contributed by atoms with van der Waals surface area (Å²) in [5.41, 5.74) is -0.538. The van der Waals surface area contributed by atoms with Crippen molar-refractivity contribution in [3.8, 4) is 0 Å². The molecule has 1 rings (SSSR count). The van der Waals surface area contributed by atoms with Crippen LogP contribution in [0.2, 0.25) is 0 Å². The average molecular weight is 286 g/mol. The highest BCUT2D eigenvalue weighted by atomic mass is 16.5. The third-order valence-corrected chi connectivity index (χ3v) is 3.43. The number of ether oxygens (including phenoxy) is 1. The van der Waals surface area contributed by atoms with E-state index in [9.17, 15) is 9.59 Å². The molecule has 0 radical (unpaired) electrons. The Morgan fingerprint density at radius 3 is 2.40 bits per heavy atom. The molecule has 1 saturated carbocycles. The van der Waals surface area contributed by atoms with Crippen LogP contribution >= 0.6 is 0 Å². The molecule has 0 bridgehead atoms. The molecule has 0 aromatic carbocycles. The van der Waals surface area contributed by atoms with Crippen molar-refractivity contribution in [2.45, 2.75) is 58.6 Å². The van der Waals surface area contributed by atoms with Crippen molar-refractivity contribution in [2.24, 2.45) is 5.41 Å². The van der Waals surface area contributed by atoms with Gasteiger partial charge >= 0.3 is 12.0 Å². The number of amides is 2. The predicted octanol–water partition coefficient (Wildman–Crippen LogP) is 1.74. The number of carboxylic acids is 1. The van der Waals surface area contributed by atoms with Crippen LogP contribution in [-0.4, -0.2) is 42.4 Å². The first-order chi connectivity index (χ1) is 9.30. The van der Waals surface area contributed by atoms with Crippen molar-refractivity contribution in [1.29, 1.82) is 0 Å². The molecule has 20 heavy (non-hydrogen) atoms. The quantitative estimate of drug-likeness (QED) is 0.649. The summed E-state index contributed by atoms with van der Waals surface area (Å²) in [5, 5.41) is 14.2. The molecule has 116 valence electrons. The maximum Gasteiger partial charge on any atom is 0.326 e. The third-order valence-electron chi connectivity index (χ3n) is 3.43. The summed E-state index contributed by atoms with van der Waals surface area (Å²) in [4.78, 5) is 22.8. The predicted molar refractivity (Wildman–Crippen MR) is 75.6 cm³/mol. The van der Waals surface area contributed by atoms with E-state index in [2.05, 4.69) is 10.6 Å². The maximum absolute atomic E-state index is 11.7. The van der Waals surface area contributed by atoms with Crippen LogP contribution < -0.4 is 10.6 Å². The van der Waals surface area contributed by atoms with Crippen LogP contribution in [0.25, 0.3) is 0 Å². The zero-order valence-corrected chi connectivity index (χ0v) is 12.6. The maximum atomic E-state index is 11.7. The van der Waals surface area contributed by atoms with Gasteiger partial charge in [-0.3, -0.25) is 0 Å². The molecule has 0 aliphatic heterocycles. The lowest BCUT2D eigenvalue weighted by Crippen LogP contribution is -2.52. The SMILES string of the molecule is CC(C)(C)[C@H](NC(=O)NCCOC1CCCC1)C(=O)O. The molecule has 1 aliphatic rings. The van der Waals surface area contributed by atoms with E-state index in [1.54, 1.807) is 20.8 Å². The van der Waals surface area contributed by atoms with Crippen LogP contribution in [0.3, 0.4) is 0 Å². The lowest BCUT2D eigenvalue weighted by Gasteiger charge is -2.27. The zero-order valence-electron chi connectivity index (χ0n) is 12.6. The fraction of sp³-hybridized carbons (Fsp3) is 0.857. The standard InChI is InChI=1S/C14H26N2O4/c1-14(2,3)11(12(17)18)16-13(19)15-8-9-20-10-6-4-5-7-10/h10-11H,4-9H2,1-3H3,(H,17,18)(H2,15,16,19)/t11-/m1/s1. The monoisotopic (exact) mass is 286 g/mol. The summed E-state index contributed by atoms with van der Waals surface area (Å²) in [6, 6.07) is -1.39. The molecule has 6 nitrogen and oxygen atoms in total. The normalized spacial score (nSPS) is 17.8. The summed E-state index contributed by atoms with van der Waals surface area (Å²) in [6.07, 6.45) is 4.94. The number of urea groups is 1. The fourth-order valence-electron chi connectivity index (χ4n) is 2.28. The Labute approximate surface area is 120 Å². The first-order valence-corrected chi connectivity index (χ1v) is 7.19. The van der Waals surface area contributed by atoms with E-state index < -0.39 is 23.5 Å². The highest BCUT2D eigenvalue weighted by molar-refractivity contribution is 5.83. The highest BCUT2D eigenvalue weighted by Gasteiger charge is 2.32. The summed E-state index contributed by atoms with van der Waals surface area (Å²) in [7, 11) is 0. The van der Waals surface area contributed by atoms with Crippen molar-refractivity contribution in [3.05, 3.63) is 0 Å². The third kappa shape index (κ3) is 5.77. The van der Waals surface area contributed by atoms with Crippen LogP contribution in [0, 0.1) is 5.41 Å². The molecule has 2 amide bonds. The van der Waals surface area contributed by atoms with E-state index in [0.717, 1.165) is 12.8 Å². The lowest BCUT2D eigenvalue weighted by molar-refractivity contribution is -0.141. The smallest absolute Gasteiger partial charge is 0.326 e. The average Bonchev–Trinajstić information content (AvgIpc) is 2.83. The molecule has 6 heteroatoms. The molecule has 1 atom stereocenters. The number of carbonyl (C=O) groups excluding carboxylic acids is 1. The Kier molecular flexibility index (Phi) is 6.26. The number of carboxylic acid groups (broad SMARTS) is 1. The van der Waals surface area contributed by atoms with Crippen molar-refractivity contribution >= 4 is 12.0 Å². The van der Waals surface area contributed by atoms with E-state index in [1.165, 1.54) is 12.8 Å². The number of aliphatic carboxylic acids is 1. The van der Waals surface area contributed by atoms with Gasteiger partial charge in [-0.25, -0.2) is 9.59 Å². The summed E-state index contributed by atoms with van der Waals surface area (Å²) >= 11 is 0. The zero-order chi connectivity index (χ0) is 15.2. The Morgan fingerprint density at radius 2 is 1.90 bits per heavy atom. The minimum atomic E-state index is -1.03. The van der Waals surface area contributed by atoms with E-state index >= 15 is 0 Å². The van der Waals surface area contributed by atoms with Gasteiger partial charge in [0, 0.05) is 6.54 Å². The Balaban J connectivity index is 2.22. The van der Waals surface area contributed by atoms with Crippen LogP contribution in [-0.2, 0) is 9.53 Å². The van der Waals surface area contributed by atoms with Crippen molar-refractivity contribution in [1.82, 2.24) is 10.6 Å². The van der Waals surface area contributed by atoms with Gasteiger partial charge in [0.1, 0.15) is 6.04 Å². The van der Waals surface area contributed by atoms with E-state index in [0.29, 0.717) is 19.3 Å². The minimum absolute atomic E-state index is 0.321. The van der Waals surface area contributed by atoms with Gasteiger partial charge in [-0.05, 0) is 18.3 Å². The van der Waals surface area contributed by atoms with E-state index in [4.69, 9.17) is 9.84 Å². The minimum Gasteiger partial charge on any atom is -0.480 e.